The van der Waals surface area contributed by atoms with Gasteiger partial charge in [-0.05, 0) is 55.7 Å². The minimum absolute atomic E-state index is 0.00883. The number of aryl methyl sites for hydroxylation is 1. The van der Waals surface area contributed by atoms with Gasteiger partial charge in [-0.25, -0.2) is 0 Å². The van der Waals surface area contributed by atoms with Crippen LogP contribution in [-0.2, 0) is 9.47 Å². The van der Waals surface area contributed by atoms with Gasteiger partial charge in [0.25, 0.3) is 0 Å². The third-order valence-corrected chi connectivity index (χ3v) is 4.88. The molecule has 3 heterocycles. The molecular formula is C16H24N2O2. The van der Waals surface area contributed by atoms with Crippen LogP contribution in [0.4, 0.5) is 0 Å². The minimum atomic E-state index is 0.00883. The number of rotatable bonds is 2. The first-order valence-electron chi connectivity index (χ1n) is 7.58. The zero-order valence-electron chi connectivity index (χ0n) is 12.2. The van der Waals surface area contributed by atoms with Crippen LogP contribution in [0.5, 0.6) is 0 Å². The minimum Gasteiger partial charge on any atom is -0.381 e. The Bertz CT molecular complexity index is 452. The molecule has 2 N–H and O–H groups in total. The number of ether oxygens (including phenoxy) is 2. The molecule has 2 fully saturated rings. The van der Waals surface area contributed by atoms with Crippen molar-refractivity contribution in [3.63, 3.8) is 0 Å². The maximum absolute atomic E-state index is 6.53. The van der Waals surface area contributed by atoms with Crippen LogP contribution in [0.2, 0.25) is 0 Å². The van der Waals surface area contributed by atoms with Crippen molar-refractivity contribution in [3.05, 3.63) is 29.6 Å². The van der Waals surface area contributed by atoms with Crippen LogP contribution in [-0.4, -0.2) is 30.4 Å². The number of hydrogen-bond donors (Lipinski definition) is 1. The Morgan fingerprint density at radius 2 is 2.15 bits per heavy atom. The van der Waals surface area contributed by atoms with Crippen LogP contribution >= 0.6 is 0 Å². The normalized spacial score (nSPS) is 27.4. The largest absolute Gasteiger partial charge is 0.381 e. The van der Waals surface area contributed by atoms with Crippen molar-refractivity contribution in [1.82, 2.24) is 4.98 Å². The summed E-state index contributed by atoms with van der Waals surface area (Å²) in [5.41, 5.74) is 8.96. The zero-order valence-corrected chi connectivity index (χ0v) is 12.2. The molecule has 2 aliphatic rings. The maximum atomic E-state index is 6.53. The first kappa shape index (κ1) is 14.0. The maximum Gasteiger partial charge on any atom is 0.0729 e. The van der Waals surface area contributed by atoms with Gasteiger partial charge in [-0.1, -0.05) is 0 Å². The Morgan fingerprint density at radius 1 is 1.35 bits per heavy atom. The summed E-state index contributed by atoms with van der Waals surface area (Å²) in [6.45, 7) is 4.56. The van der Waals surface area contributed by atoms with E-state index in [1.165, 1.54) is 11.1 Å². The van der Waals surface area contributed by atoms with E-state index >= 15 is 0 Å². The fraction of sp³-hybridized carbons (Fsp3) is 0.688. The molecule has 1 aromatic rings. The number of nitrogens with two attached hydrogens (primary N) is 1. The highest BCUT2D eigenvalue weighted by molar-refractivity contribution is 5.25. The van der Waals surface area contributed by atoms with E-state index in [0.717, 1.165) is 45.5 Å². The highest BCUT2D eigenvalue weighted by atomic mass is 16.5. The smallest absolute Gasteiger partial charge is 0.0729 e. The van der Waals surface area contributed by atoms with Gasteiger partial charge in [0.2, 0.25) is 0 Å². The molecule has 1 spiro atoms. The Kier molecular flexibility index (Phi) is 4.06. The van der Waals surface area contributed by atoms with Crippen molar-refractivity contribution in [2.75, 3.05) is 19.8 Å². The Morgan fingerprint density at radius 3 is 2.90 bits per heavy atom. The van der Waals surface area contributed by atoms with Gasteiger partial charge < -0.3 is 15.2 Å². The first-order valence-corrected chi connectivity index (χ1v) is 7.58. The van der Waals surface area contributed by atoms with Gasteiger partial charge in [0, 0.05) is 38.3 Å². The van der Waals surface area contributed by atoms with E-state index in [1.54, 1.807) is 0 Å². The fourth-order valence-corrected chi connectivity index (χ4v) is 3.54. The molecule has 2 atom stereocenters. The third kappa shape index (κ3) is 2.73. The molecular weight excluding hydrogens is 252 g/mol. The van der Waals surface area contributed by atoms with Gasteiger partial charge in [-0.3, -0.25) is 4.98 Å². The lowest BCUT2D eigenvalue weighted by Gasteiger charge is -2.44. The number of nitrogens with zero attached hydrogens (tertiary/aromatic N) is 1. The van der Waals surface area contributed by atoms with Crippen molar-refractivity contribution in [2.24, 2.45) is 11.7 Å². The standard InChI is InChI=1S/C16H24N2O2/c1-12-2-6-18-11-14(12)15(17)13-3-7-20-16(10-13)4-8-19-9-5-16/h2,6,11,13,15H,3-5,7-10,17H2,1H3. The van der Waals surface area contributed by atoms with Crippen molar-refractivity contribution in [1.29, 1.82) is 0 Å². The van der Waals surface area contributed by atoms with E-state index in [0.29, 0.717) is 5.92 Å². The second kappa shape index (κ2) is 5.80. The molecule has 0 amide bonds. The molecule has 4 heteroatoms. The summed E-state index contributed by atoms with van der Waals surface area (Å²) in [7, 11) is 0. The van der Waals surface area contributed by atoms with Gasteiger partial charge in [0.1, 0.15) is 0 Å². The number of hydrogen-bond acceptors (Lipinski definition) is 4. The van der Waals surface area contributed by atoms with Crippen LogP contribution in [0, 0.1) is 12.8 Å². The van der Waals surface area contributed by atoms with Crippen molar-refractivity contribution in [3.8, 4) is 0 Å². The van der Waals surface area contributed by atoms with Crippen LogP contribution in [0.1, 0.15) is 42.9 Å². The van der Waals surface area contributed by atoms with Gasteiger partial charge in [-0.15, -0.1) is 0 Å². The third-order valence-electron chi connectivity index (χ3n) is 4.88. The molecule has 3 rings (SSSR count). The molecule has 2 unspecified atom stereocenters. The quantitative estimate of drug-likeness (QED) is 0.901. The van der Waals surface area contributed by atoms with E-state index in [4.69, 9.17) is 15.2 Å². The lowest BCUT2D eigenvalue weighted by molar-refractivity contribution is -0.149. The number of aromatic nitrogens is 1. The highest BCUT2D eigenvalue weighted by Gasteiger charge is 2.41. The SMILES string of the molecule is Cc1ccncc1C(N)C1CCOC2(CCOCC2)C1. The molecule has 1 aromatic heterocycles. The fourth-order valence-electron chi connectivity index (χ4n) is 3.54. The molecule has 4 nitrogen and oxygen atoms in total. The van der Waals surface area contributed by atoms with Gasteiger partial charge in [0.05, 0.1) is 5.60 Å². The van der Waals surface area contributed by atoms with Crippen molar-refractivity contribution < 1.29 is 9.47 Å². The molecule has 2 saturated heterocycles. The monoisotopic (exact) mass is 276 g/mol. The summed E-state index contributed by atoms with van der Waals surface area (Å²) in [5.74, 6) is 0.477. The molecule has 110 valence electrons. The molecule has 0 bridgehead atoms. The zero-order chi connectivity index (χ0) is 14.0. The lowest BCUT2D eigenvalue weighted by atomic mass is 9.76. The topological polar surface area (TPSA) is 57.4 Å². The van der Waals surface area contributed by atoms with E-state index < -0.39 is 0 Å². The van der Waals surface area contributed by atoms with Crippen molar-refractivity contribution >= 4 is 0 Å². The van der Waals surface area contributed by atoms with E-state index in [9.17, 15) is 0 Å². The first-order chi connectivity index (χ1) is 9.70. The van der Waals surface area contributed by atoms with Crippen LogP contribution in [0.25, 0.3) is 0 Å². The second-order valence-electron chi connectivity index (χ2n) is 6.15. The Hall–Kier alpha value is -0.970. The van der Waals surface area contributed by atoms with Crippen molar-refractivity contribution in [2.45, 2.75) is 44.2 Å². The molecule has 0 aromatic carbocycles. The summed E-state index contributed by atoms with van der Waals surface area (Å²) in [6.07, 6.45) is 7.84. The average Bonchev–Trinajstić information content (AvgIpc) is 2.48. The highest BCUT2D eigenvalue weighted by Crippen LogP contribution is 2.41. The lowest BCUT2D eigenvalue weighted by Crippen LogP contribution is -2.46. The van der Waals surface area contributed by atoms with Gasteiger partial charge in [0.15, 0.2) is 0 Å². The summed E-state index contributed by atoms with van der Waals surface area (Å²) in [6, 6.07) is 2.10. The molecule has 20 heavy (non-hydrogen) atoms. The van der Waals surface area contributed by atoms with Crippen LogP contribution < -0.4 is 5.73 Å². The van der Waals surface area contributed by atoms with Gasteiger partial charge >= 0.3 is 0 Å². The van der Waals surface area contributed by atoms with Gasteiger partial charge in [-0.2, -0.15) is 0 Å². The summed E-state index contributed by atoms with van der Waals surface area (Å²) >= 11 is 0. The summed E-state index contributed by atoms with van der Waals surface area (Å²) in [5, 5.41) is 0. The van der Waals surface area contributed by atoms with E-state index in [2.05, 4.69) is 11.9 Å². The van der Waals surface area contributed by atoms with Crippen LogP contribution in [0.15, 0.2) is 18.5 Å². The molecule has 0 saturated carbocycles. The van der Waals surface area contributed by atoms with Crippen LogP contribution in [0.3, 0.4) is 0 Å². The predicted octanol–water partition coefficient (Wildman–Crippen LogP) is 2.37. The van der Waals surface area contributed by atoms with E-state index in [1.807, 2.05) is 18.5 Å². The molecule has 2 aliphatic heterocycles. The molecule has 0 aliphatic carbocycles. The summed E-state index contributed by atoms with van der Waals surface area (Å²) in [4.78, 5) is 4.23. The summed E-state index contributed by atoms with van der Waals surface area (Å²) < 4.78 is 11.6. The number of pyridine rings is 1. The second-order valence-corrected chi connectivity index (χ2v) is 6.15. The Balaban J connectivity index is 1.75. The average molecular weight is 276 g/mol. The molecule has 0 radical (unpaired) electrons. The van der Waals surface area contributed by atoms with E-state index in [-0.39, 0.29) is 11.6 Å². The predicted molar refractivity (Wildman–Crippen MR) is 77.4 cm³/mol. The Labute approximate surface area is 120 Å².